The van der Waals surface area contributed by atoms with Gasteiger partial charge in [0, 0.05) is 6.04 Å². The molecule has 1 saturated heterocycles. The van der Waals surface area contributed by atoms with Crippen LogP contribution in [0.5, 0.6) is 0 Å². The molecular weight excluding hydrogens is 293 g/mol. The van der Waals surface area contributed by atoms with Gasteiger partial charge < -0.3 is 15.7 Å². The lowest BCUT2D eigenvalue weighted by Gasteiger charge is -2.61. The average molecular weight is 318 g/mol. The zero-order chi connectivity index (χ0) is 16.0. The highest BCUT2D eigenvalue weighted by atomic mass is 16.3. The zero-order valence-corrected chi connectivity index (χ0v) is 13.4. The van der Waals surface area contributed by atoms with E-state index in [1.165, 1.54) is 6.42 Å². The number of likely N-dealkylation sites (tertiary alicyclic amines) is 1. The summed E-state index contributed by atoms with van der Waals surface area (Å²) in [6.45, 7) is 0. The van der Waals surface area contributed by atoms with E-state index in [1.807, 2.05) is 0 Å². The highest BCUT2D eigenvalue weighted by Crippen LogP contribution is 2.63. The Bertz CT molecular complexity index is 598. The van der Waals surface area contributed by atoms with Gasteiger partial charge in [0.2, 0.25) is 5.91 Å². The third kappa shape index (κ3) is 1.88. The van der Waals surface area contributed by atoms with E-state index >= 15 is 0 Å². The van der Waals surface area contributed by atoms with Crippen molar-refractivity contribution in [3.8, 4) is 6.07 Å². The van der Waals surface area contributed by atoms with E-state index in [-0.39, 0.29) is 23.4 Å². The number of aliphatic hydroxyl groups is 1. The molecule has 0 aromatic rings. The molecule has 0 aromatic heterocycles. The van der Waals surface area contributed by atoms with Crippen LogP contribution in [0.3, 0.4) is 0 Å². The molecule has 8 atom stereocenters. The fraction of sp³-hybridized carbons (Fsp3) is 0.889. The maximum Gasteiger partial charge on any atom is 0.241 e. The fourth-order valence-corrected chi connectivity index (χ4v) is 6.96. The Morgan fingerprint density at radius 2 is 1.91 bits per heavy atom. The molecule has 3 N–H and O–H groups in total. The summed E-state index contributed by atoms with van der Waals surface area (Å²) < 4.78 is 0. The summed E-state index contributed by atoms with van der Waals surface area (Å²) in [6.07, 6.45) is 7.48. The van der Waals surface area contributed by atoms with Gasteiger partial charge in [-0.2, -0.15) is 5.26 Å². The Morgan fingerprint density at radius 1 is 1.22 bits per heavy atom. The number of amides is 1. The Balaban J connectivity index is 1.43. The molecule has 23 heavy (non-hydrogen) atoms. The van der Waals surface area contributed by atoms with Gasteiger partial charge in [0.05, 0.1) is 17.7 Å². The zero-order valence-electron chi connectivity index (χ0n) is 13.4. The molecule has 6 rings (SSSR count). The molecule has 1 heterocycles. The Morgan fingerprint density at radius 3 is 2.52 bits per heavy atom. The minimum atomic E-state index is -0.594. The summed E-state index contributed by atoms with van der Waals surface area (Å²) >= 11 is 0. The van der Waals surface area contributed by atoms with Gasteiger partial charge in [0.1, 0.15) is 6.04 Å². The third-order valence-electron chi connectivity index (χ3n) is 7.51. The first kappa shape index (κ1) is 14.2. The van der Waals surface area contributed by atoms with Crippen LogP contribution in [0.4, 0.5) is 0 Å². The van der Waals surface area contributed by atoms with Crippen LogP contribution in [0, 0.1) is 34.5 Å². The van der Waals surface area contributed by atoms with Crippen LogP contribution in [0.25, 0.3) is 0 Å². The van der Waals surface area contributed by atoms with Gasteiger partial charge in [0.15, 0.2) is 0 Å². The molecule has 5 aliphatic carbocycles. The largest absolute Gasteiger partial charge is 0.390 e. The van der Waals surface area contributed by atoms with E-state index in [4.69, 9.17) is 5.73 Å². The summed E-state index contributed by atoms with van der Waals surface area (Å²) in [6, 6.07) is 1.72. The van der Waals surface area contributed by atoms with Crippen molar-refractivity contribution in [2.24, 2.45) is 28.9 Å². The molecule has 5 saturated carbocycles. The summed E-state index contributed by atoms with van der Waals surface area (Å²) in [4.78, 5) is 14.9. The number of rotatable bonds is 2. The molecule has 1 amide bonds. The van der Waals surface area contributed by atoms with Crippen LogP contribution in [0.15, 0.2) is 0 Å². The van der Waals surface area contributed by atoms with E-state index in [0.29, 0.717) is 24.2 Å². The standard InChI is InChI=1S/C18H25N3O2/c19-8-13-2-12-3-14(12)21(13)16(22)15(20)17-4-10-1-11(5-17)7-18(23,6-10)9-17/h10-15,23H,1-7,9,20H2/t10-,11+,12-,13+,14+,15?,17?,18?/m1/s1/i3+1,15+1,16+1. The topological polar surface area (TPSA) is 90.4 Å². The highest BCUT2D eigenvalue weighted by Gasteiger charge is 2.62. The Kier molecular flexibility index (Phi) is 2.65. The number of carbonyl (C=O) groups is 1. The first-order valence-electron chi connectivity index (χ1n) is 9.13. The molecule has 1 aliphatic heterocycles. The van der Waals surface area contributed by atoms with Crippen molar-refractivity contribution in [1.29, 1.82) is 5.26 Å². The molecular formula is C18H25N3O2. The van der Waals surface area contributed by atoms with E-state index in [1.54, 1.807) is 4.90 Å². The monoisotopic (exact) mass is 318 g/mol. The minimum Gasteiger partial charge on any atom is -0.390 e. The van der Waals surface area contributed by atoms with E-state index < -0.39 is 11.6 Å². The van der Waals surface area contributed by atoms with Gasteiger partial charge in [-0.15, -0.1) is 0 Å². The van der Waals surface area contributed by atoms with Crippen molar-refractivity contribution in [3.63, 3.8) is 0 Å². The van der Waals surface area contributed by atoms with Gasteiger partial charge in [-0.25, -0.2) is 0 Å². The molecule has 3 unspecified atom stereocenters. The second-order valence-corrected chi connectivity index (χ2v) is 9.21. The average Bonchev–Trinajstić information content (AvgIpc) is 3.14. The molecule has 6 aliphatic rings. The first-order chi connectivity index (χ1) is 10.9. The van der Waals surface area contributed by atoms with Crippen molar-refractivity contribution in [1.82, 2.24) is 4.90 Å². The Hall–Kier alpha value is -1.12. The van der Waals surface area contributed by atoms with E-state index in [9.17, 15) is 15.2 Å². The molecule has 124 valence electrons. The van der Waals surface area contributed by atoms with Crippen molar-refractivity contribution >= 4 is 5.91 Å². The Labute approximate surface area is 136 Å². The predicted molar refractivity (Wildman–Crippen MR) is 82.8 cm³/mol. The number of piperidine rings is 1. The van der Waals surface area contributed by atoms with Gasteiger partial charge in [-0.05, 0) is 74.5 Å². The van der Waals surface area contributed by atoms with Crippen molar-refractivity contribution in [2.45, 2.75) is 75.1 Å². The summed E-state index contributed by atoms with van der Waals surface area (Å²) in [5.41, 5.74) is 5.71. The van der Waals surface area contributed by atoms with Gasteiger partial charge >= 0.3 is 0 Å². The first-order valence-corrected chi connectivity index (χ1v) is 9.13. The van der Waals surface area contributed by atoms with Crippen LogP contribution in [0.2, 0.25) is 0 Å². The van der Waals surface area contributed by atoms with Crippen LogP contribution in [-0.2, 0) is 4.79 Å². The summed E-state index contributed by atoms with van der Waals surface area (Å²) in [5.74, 6) is 1.56. The lowest BCUT2D eigenvalue weighted by atomic mass is 9.49. The van der Waals surface area contributed by atoms with Crippen molar-refractivity contribution in [3.05, 3.63) is 0 Å². The number of nitrogens with two attached hydrogens (primary N) is 1. The maximum absolute atomic E-state index is 13.1. The quantitative estimate of drug-likeness (QED) is 0.748. The van der Waals surface area contributed by atoms with Crippen molar-refractivity contribution < 1.29 is 9.90 Å². The summed E-state index contributed by atoms with van der Waals surface area (Å²) in [7, 11) is 0. The molecule has 0 aromatic carbocycles. The molecule has 0 radical (unpaired) electrons. The number of nitrogens with zero attached hydrogens (tertiary/aromatic N) is 2. The second kappa shape index (κ2) is 4.29. The van der Waals surface area contributed by atoms with Crippen LogP contribution < -0.4 is 5.73 Å². The molecule has 5 nitrogen and oxygen atoms in total. The lowest BCUT2D eigenvalue weighted by Crippen LogP contribution is -2.64. The van der Waals surface area contributed by atoms with Crippen molar-refractivity contribution in [2.75, 3.05) is 0 Å². The molecule has 5 heteroatoms. The smallest absolute Gasteiger partial charge is 0.241 e. The maximum atomic E-state index is 13.1. The number of carbonyl (C=O) groups excluding carboxylic acids is 1. The SMILES string of the molecule is N#C[C@@H]1C[C@@H]2[13CH2][C@@H]2N1[13C](=O)[13CH](N)C12C[C@@H]3C[C@@H](CC(O)(C3)C1)C2. The second-order valence-electron chi connectivity index (χ2n) is 9.21. The molecule has 6 fully saturated rings. The number of hydrogen-bond donors (Lipinski definition) is 2. The minimum absolute atomic E-state index is 0.0212. The molecule has 4 bridgehead atoms. The van der Waals surface area contributed by atoms with E-state index in [2.05, 4.69) is 6.07 Å². The predicted octanol–water partition coefficient (Wildman–Crippen LogP) is 1.16. The third-order valence-corrected chi connectivity index (χ3v) is 7.51. The number of nitriles is 1. The summed E-state index contributed by atoms with van der Waals surface area (Å²) in [5, 5.41) is 20.2. The van der Waals surface area contributed by atoms with Gasteiger partial charge in [-0.3, -0.25) is 4.79 Å². The van der Waals surface area contributed by atoms with Gasteiger partial charge in [-0.1, -0.05) is 0 Å². The lowest BCUT2D eigenvalue weighted by molar-refractivity contribution is -0.177. The van der Waals surface area contributed by atoms with Crippen LogP contribution in [0.1, 0.15) is 51.4 Å². The normalized spacial score (nSPS) is 53.8. The molecule has 0 spiro atoms. The fourth-order valence-electron chi connectivity index (χ4n) is 6.96. The number of fused-ring (bicyclic) bond motifs is 1. The van der Waals surface area contributed by atoms with Gasteiger partial charge in [0.25, 0.3) is 0 Å². The van der Waals surface area contributed by atoms with Crippen LogP contribution in [-0.4, -0.2) is 39.6 Å². The number of hydrogen-bond acceptors (Lipinski definition) is 4. The highest BCUT2D eigenvalue weighted by molar-refractivity contribution is 5.84. The van der Waals surface area contributed by atoms with Crippen LogP contribution >= 0.6 is 0 Å². The van der Waals surface area contributed by atoms with E-state index in [0.717, 1.165) is 38.5 Å².